The number of nitrogens with zero attached hydrogens (tertiary/aromatic N) is 3. The van der Waals surface area contributed by atoms with Gasteiger partial charge in [0.25, 0.3) is 0 Å². The SMILES string of the molecule is COc1ccc(CC(=O)N(CCCN(C)C)c2nc3c(C)c(C)ccc3s2)cc1. The highest BCUT2D eigenvalue weighted by Crippen LogP contribution is 2.32. The van der Waals surface area contributed by atoms with Crippen molar-refractivity contribution in [2.75, 3.05) is 39.2 Å². The third-order valence-corrected chi connectivity index (χ3v) is 6.15. The summed E-state index contributed by atoms with van der Waals surface area (Å²) >= 11 is 1.59. The molecule has 0 N–H and O–H groups in total. The summed E-state index contributed by atoms with van der Waals surface area (Å²) in [7, 11) is 5.74. The summed E-state index contributed by atoms with van der Waals surface area (Å²) < 4.78 is 6.34. The summed E-state index contributed by atoms with van der Waals surface area (Å²) in [5.41, 5.74) is 4.38. The first kappa shape index (κ1) is 21.3. The van der Waals surface area contributed by atoms with Crippen LogP contribution in [0.25, 0.3) is 10.2 Å². The molecular formula is C23H29N3O2S. The van der Waals surface area contributed by atoms with Crippen LogP contribution >= 0.6 is 11.3 Å². The largest absolute Gasteiger partial charge is 0.497 e. The summed E-state index contributed by atoms with van der Waals surface area (Å²) in [5.74, 6) is 0.864. The molecule has 1 amide bonds. The molecular weight excluding hydrogens is 382 g/mol. The molecule has 29 heavy (non-hydrogen) atoms. The molecule has 0 radical (unpaired) electrons. The number of methoxy groups -OCH3 is 1. The number of aromatic nitrogens is 1. The van der Waals surface area contributed by atoms with Crippen LogP contribution in [-0.4, -0.2) is 50.1 Å². The maximum Gasteiger partial charge on any atom is 0.233 e. The quantitative estimate of drug-likeness (QED) is 0.549. The molecule has 0 atom stereocenters. The zero-order valence-electron chi connectivity index (χ0n) is 17.9. The lowest BCUT2D eigenvalue weighted by molar-refractivity contribution is -0.118. The molecule has 0 aliphatic carbocycles. The Labute approximate surface area is 176 Å². The molecule has 3 aromatic rings. The van der Waals surface area contributed by atoms with Crippen LogP contribution in [-0.2, 0) is 11.2 Å². The topological polar surface area (TPSA) is 45.7 Å². The van der Waals surface area contributed by atoms with Gasteiger partial charge in [-0.2, -0.15) is 0 Å². The minimum absolute atomic E-state index is 0.0716. The van der Waals surface area contributed by atoms with Crippen molar-refractivity contribution in [2.45, 2.75) is 26.7 Å². The second-order valence-corrected chi connectivity index (χ2v) is 8.59. The van der Waals surface area contributed by atoms with Gasteiger partial charge in [-0.15, -0.1) is 0 Å². The van der Waals surface area contributed by atoms with E-state index in [0.717, 1.165) is 39.6 Å². The molecule has 0 spiro atoms. The van der Waals surface area contributed by atoms with Crippen LogP contribution in [0.5, 0.6) is 5.75 Å². The van der Waals surface area contributed by atoms with E-state index in [1.54, 1.807) is 18.4 Å². The van der Waals surface area contributed by atoms with Gasteiger partial charge < -0.3 is 9.64 Å². The second-order valence-electron chi connectivity index (χ2n) is 7.58. The predicted molar refractivity (Wildman–Crippen MR) is 121 cm³/mol. The average Bonchev–Trinajstić information content (AvgIpc) is 3.13. The minimum Gasteiger partial charge on any atom is -0.497 e. The van der Waals surface area contributed by atoms with Crippen molar-refractivity contribution in [2.24, 2.45) is 0 Å². The molecule has 0 aliphatic rings. The first-order valence-electron chi connectivity index (χ1n) is 9.84. The maximum atomic E-state index is 13.2. The fourth-order valence-corrected chi connectivity index (χ4v) is 4.28. The van der Waals surface area contributed by atoms with Crippen molar-refractivity contribution >= 4 is 32.6 Å². The lowest BCUT2D eigenvalue weighted by atomic mass is 10.1. The molecule has 6 heteroatoms. The van der Waals surface area contributed by atoms with Crippen LogP contribution in [0.3, 0.4) is 0 Å². The molecule has 0 fully saturated rings. The van der Waals surface area contributed by atoms with Crippen LogP contribution in [0.15, 0.2) is 36.4 Å². The van der Waals surface area contributed by atoms with Crippen LogP contribution < -0.4 is 9.64 Å². The number of carbonyl (C=O) groups is 1. The number of amides is 1. The van der Waals surface area contributed by atoms with Crippen LogP contribution in [0.1, 0.15) is 23.1 Å². The lowest BCUT2D eigenvalue weighted by Crippen LogP contribution is -2.34. The van der Waals surface area contributed by atoms with Crippen molar-refractivity contribution in [1.29, 1.82) is 0 Å². The number of fused-ring (bicyclic) bond motifs is 1. The number of carbonyl (C=O) groups excluding carboxylic acids is 1. The molecule has 2 aromatic carbocycles. The Balaban J connectivity index is 1.86. The van der Waals surface area contributed by atoms with Crippen molar-refractivity contribution in [1.82, 2.24) is 9.88 Å². The number of benzene rings is 2. The third kappa shape index (κ3) is 5.14. The number of anilines is 1. The summed E-state index contributed by atoms with van der Waals surface area (Å²) in [6.45, 7) is 5.77. The van der Waals surface area contributed by atoms with Crippen molar-refractivity contribution in [3.8, 4) is 5.75 Å². The number of thiazole rings is 1. The molecule has 3 rings (SSSR count). The van der Waals surface area contributed by atoms with Gasteiger partial charge in [-0.05, 0) is 75.8 Å². The zero-order chi connectivity index (χ0) is 21.0. The van der Waals surface area contributed by atoms with E-state index in [9.17, 15) is 4.79 Å². The molecule has 154 valence electrons. The van der Waals surface area contributed by atoms with E-state index in [-0.39, 0.29) is 5.91 Å². The highest BCUT2D eigenvalue weighted by molar-refractivity contribution is 7.22. The van der Waals surface area contributed by atoms with E-state index >= 15 is 0 Å². The van der Waals surface area contributed by atoms with Gasteiger partial charge in [-0.25, -0.2) is 4.98 Å². The Morgan fingerprint density at radius 2 is 1.79 bits per heavy atom. The highest BCUT2D eigenvalue weighted by atomic mass is 32.1. The predicted octanol–water partition coefficient (Wildman–Crippen LogP) is 4.45. The van der Waals surface area contributed by atoms with E-state index in [4.69, 9.17) is 9.72 Å². The normalized spacial score (nSPS) is 11.2. The molecule has 5 nitrogen and oxygen atoms in total. The van der Waals surface area contributed by atoms with E-state index in [1.807, 2.05) is 43.3 Å². The first-order chi connectivity index (χ1) is 13.9. The van der Waals surface area contributed by atoms with Gasteiger partial charge in [0.2, 0.25) is 5.91 Å². The first-order valence-corrected chi connectivity index (χ1v) is 10.7. The summed E-state index contributed by atoms with van der Waals surface area (Å²) in [5, 5.41) is 0.783. The Bertz CT molecular complexity index is 980. The third-order valence-electron chi connectivity index (χ3n) is 5.11. The maximum absolute atomic E-state index is 13.2. The Morgan fingerprint density at radius 3 is 2.45 bits per heavy atom. The van der Waals surface area contributed by atoms with E-state index in [2.05, 4.69) is 30.9 Å². The Morgan fingerprint density at radius 1 is 1.07 bits per heavy atom. The average molecular weight is 412 g/mol. The van der Waals surface area contributed by atoms with Gasteiger partial charge in [0.15, 0.2) is 5.13 Å². The van der Waals surface area contributed by atoms with Gasteiger partial charge >= 0.3 is 0 Å². The van der Waals surface area contributed by atoms with Crippen molar-refractivity contribution in [3.63, 3.8) is 0 Å². The fourth-order valence-electron chi connectivity index (χ4n) is 3.22. The van der Waals surface area contributed by atoms with Gasteiger partial charge in [0.1, 0.15) is 5.75 Å². The van der Waals surface area contributed by atoms with Gasteiger partial charge in [-0.3, -0.25) is 9.69 Å². The fraction of sp³-hybridized carbons (Fsp3) is 0.391. The van der Waals surface area contributed by atoms with Crippen molar-refractivity contribution < 1.29 is 9.53 Å². The van der Waals surface area contributed by atoms with Gasteiger partial charge in [-0.1, -0.05) is 29.5 Å². The Hall–Kier alpha value is -2.44. The van der Waals surface area contributed by atoms with E-state index < -0.39 is 0 Å². The number of aryl methyl sites for hydroxylation is 2. The van der Waals surface area contributed by atoms with Gasteiger partial charge in [0.05, 0.1) is 23.7 Å². The second kappa shape index (κ2) is 9.37. The standard InChI is InChI=1S/C23H29N3O2S/c1-16-7-12-20-22(17(16)2)24-23(29-20)26(14-6-13-25(3)4)21(27)15-18-8-10-19(28-5)11-9-18/h7-12H,6,13-15H2,1-5H3. The van der Waals surface area contributed by atoms with Crippen molar-refractivity contribution in [3.05, 3.63) is 53.1 Å². The van der Waals surface area contributed by atoms with E-state index in [0.29, 0.717) is 13.0 Å². The van der Waals surface area contributed by atoms with Crippen LogP contribution in [0.2, 0.25) is 0 Å². The number of hydrogen-bond acceptors (Lipinski definition) is 5. The smallest absolute Gasteiger partial charge is 0.233 e. The molecule has 0 aliphatic heterocycles. The summed E-state index contributed by atoms with van der Waals surface area (Å²) in [6, 6.07) is 11.9. The summed E-state index contributed by atoms with van der Waals surface area (Å²) in [6.07, 6.45) is 1.25. The van der Waals surface area contributed by atoms with Gasteiger partial charge in [0, 0.05) is 6.54 Å². The molecule has 0 saturated heterocycles. The molecule has 0 bridgehead atoms. The number of ether oxygens (including phenoxy) is 1. The molecule has 0 unspecified atom stereocenters. The molecule has 0 saturated carbocycles. The van der Waals surface area contributed by atoms with E-state index in [1.165, 1.54) is 11.1 Å². The highest BCUT2D eigenvalue weighted by Gasteiger charge is 2.20. The van der Waals surface area contributed by atoms with Crippen LogP contribution in [0.4, 0.5) is 5.13 Å². The zero-order valence-corrected chi connectivity index (χ0v) is 18.7. The minimum atomic E-state index is 0.0716. The number of rotatable bonds is 8. The Kier molecular flexibility index (Phi) is 6.87. The summed E-state index contributed by atoms with van der Waals surface area (Å²) in [4.78, 5) is 22.1. The lowest BCUT2D eigenvalue weighted by Gasteiger charge is -2.21. The number of hydrogen-bond donors (Lipinski definition) is 0. The molecule has 1 heterocycles. The molecule has 1 aromatic heterocycles. The monoisotopic (exact) mass is 411 g/mol. The van der Waals surface area contributed by atoms with Crippen LogP contribution in [0, 0.1) is 13.8 Å².